The number of aliphatic carboxylic acids is 1. The molecule has 104 valence electrons. The summed E-state index contributed by atoms with van der Waals surface area (Å²) >= 11 is 3.83. The Morgan fingerprint density at radius 2 is 2.10 bits per heavy atom. The van der Waals surface area contributed by atoms with Gasteiger partial charge in [0, 0.05) is 0 Å². The monoisotopic (exact) mass is 357 g/mol. The first-order chi connectivity index (χ1) is 9.38. The van der Waals surface area contributed by atoms with E-state index < -0.39 is 23.7 Å². The number of rotatable bonds is 3. The summed E-state index contributed by atoms with van der Waals surface area (Å²) < 4.78 is 0.455. The fourth-order valence-electron chi connectivity index (χ4n) is 1.54. The predicted octanol–water partition coefficient (Wildman–Crippen LogP) is 2.28. The fourth-order valence-corrected chi connectivity index (χ4v) is 2.77. The van der Waals surface area contributed by atoms with E-state index in [9.17, 15) is 19.5 Å². The molecular formula is C12H8BrNO5S. The van der Waals surface area contributed by atoms with Crippen molar-refractivity contribution in [3.63, 3.8) is 0 Å². The number of phenolic OH excluding ortho intramolecular Hbond substituents is 1. The molecule has 0 radical (unpaired) electrons. The maximum absolute atomic E-state index is 11.9. The van der Waals surface area contributed by atoms with Gasteiger partial charge in [-0.2, -0.15) is 0 Å². The van der Waals surface area contributed by atoms with E-state index in [2.05, 4.69) is 15.9 Å². The van der Waals surface area contributed by atoms with Crippen molar-refractivity contribution in [2.75, 3.05) is 6.54 Å². The molecule has 2 N–H and O–H groups in total. The van der Waals surface area contributed by atoms with E-state index in [0.717, 1.165) is 0 Å². The summed E-state index contributed by atoms with van der Waals surface area (Å²) in [7, 11) is 0. The van der Waals surface area contributed by atoms with Gasteiger partial charge in [-0.15, -0.1) is 0 Å². The van der Waals surface area contributed by atoms with Gasteiger partial charge in [0.2, 0.25) is 0 Å². The molecule has 0 atom stereocenters. The minimum atomic E-state index is -1.25. The average molecular weight is 358 g/mol. The van der Waals surface area contributed by atoms with Crippen molar-refractivity contribution in [1.82, 2.24) is 4.90 Å². The van der Waals surface area contributed by atoms with Crippen LogP contribution in [0.3, 0.4) is 0 Å². The summed E-state index contributed by atoms with van der Waals surface area (Å²) in [5.74, 6) is -1.83. The van der Waals surface area contributed by atoms with E-state index >= 15 is 0 Å². The van der Waals surface area contributed by atoms with Crippen LogP contribution in [-0.2, 0) is 9.59 Å². The van der Waals surface area contributed by atoms with Crippen molar-refractivity contribution in [3.05, 3.63) is 33.1 Å². The minimum Gasteiger partial charge on any atom is -0.507 e. The third-order valence-corrected chi connectivity index (χ3v) is 3.98. The quantitative estimate of drug-likeness (QED) is 0.805. The second-order valence-electron chi connectivity index (χ2n) is 3.87. The highest BCUT2D eigenvalue weighted by atomic mass is 79.9. The van der Waals surface area contributed by atoms with Crippen LogP contribution < -0.4 is 0 Å². The number of carboxylic acid groups (broad SMARTS) is 1. The molecule has 0 bridgehead atoms. The molecule has 0 saturated carbocycles. The Labute approximate surface area is 126 Å². The highest BCUT2D eigenvalue weighted by Gasteiger charge is 2.36. The molecule has 2 rings (SSSR count). The molecule has 0 aliphatic carbocycles. The molecule has 2 amide bonds. The number of hydrogen-bond acceptors (Lipinski definition) is 5. The SMILES string of the molecule is O=C(O)CN1C(=O)S/C(=C/c2ccc(O)c(Br)c2)C1=O. The van der Waals surface area contributed by atoms with Gasteiger partial charge in [-0.3, -0.25) is 19.3 Å². The van der Waals surface area contributed by atoms with Gasteiger partial charge in [0.05, 0.1) is 9.38 Å². The highest BCUT2D eigenvalue weighted by molar-refractivity contribution is 9.10. The summed E-state index contributed by atoms with van der Waals surface area (Å²) in [4.78, 5) is 34.9. The van der Waals surface area contributed by atoms with E-state index in [1.54, 1.807) is 12.1 Å². The van der Waals surface area contributed by atoms with Crippen molar-refractivity contribution in [3.8, 4) is 5.75 Å². The van der Waals surface area contributed by atoms with Crippen LogP contribution in [0.4, 0.5) is 4.79 Å². The number of hydrogen-bond donors (Lipinski definition) is 2. The Balaban J connectivity index is 2.27. The molecule has 1 aromatic carbocycles. The third-order valence-electron chi connectivity index (χ3n) is 2.44. The van der Waals surface area contributed by atoms with E-state index in [1.807, 2.05) is 0 Å². The van der Waals surface area contributed by atoms with Crippen LogP contribution in [0.1, 0.15) is 5.56 Å². The molecule has 8 heteroatoms. The van der Waals surface area contributed by atoms with Gasteiger partial charge in [-0.25, -0.2) is 0 Å². The second kappa shape index (κ2) is 5.68. The number of amides is 2. The topological polar surface area (TPSA) is 94.9 Å². The van der Waals surface area contributed by atoms with Crippen molar-refractivity contribution in [2.45, 2.75) is 0 Å². The van der Waals surface area contributed by atoms with E-state index in [4.69, 9.17) is 5.11 Å². The zero-order valence-electron chi connectivity index (χ0n) is 9.87. The number of benzene rings is 1. The summed E-state index contributed by atoms with van der Waals surface area (Å²) in [6.07, 6.45) is 1.47. The van der Waals surface area contributed by atoms with Crippen molar-refractivity contribution in [1.29, 1.82) is 0 Å². The van der Waals surface area contributed by atoms with Gasteiger partial charge in [0.25, 0.3) is 11.1 Å². The predicted molar refractivity (Wildman–Crippen MR) is 76.1 cm³/mol. The maximum Gasteiger partial charge on any atom is 0.323 e. The van der Waals surface area contributed by atoms with E-state index in [1.165, 1.54) is 12.1 Å². The van der Waals surface area contributed by atoms with Crippen molar-refractivity contribution >= 4 is 50.9 Å². The molecule has 1 aliphatic heterocycles. The van der Waals surface area contributed by atoms with Crippen molar-refractivity contribution < 1.29 is 24.6 Å². The number of imide groups is 1. The smallest absolute Gasteiger partial charge is 0.323 e. The van der Waals surface area contributed by atoms with Gasteiger partial charge < -0.3 is 10.2 Å². The van der Waals surface area contributed by atoms with Crippen molar-refractivity contribution in [2.24, 2.45) is 0 Å². The fraction of sp³-hybridized carbons (Fsp3) is 0.0833. The van der Waals surface area contributed by atoms with E-state index in [-0.39, 0.29) is 10.7 Å². The number of thioether (sulfide) groups is 1. The summed E-state index contributed by atoms with van der Waals surface area (Å²) in [6.45, 7) is -0.652. The number of halogens is 1. The number of carbonyl (C=O) groups is 3. The molecule has 0 unspecified atom stereocenters. The molecule has 6 nitrogen and oxygen atoms in total. The second-order valence-corrected chi connectivity index (χ2v) is 5.72. The first-order valence-corrected chi connectivity index (χ1v) is 6.95. The average Bonchev–Trinajstić information content (AvgIpc) is 2.61. The summed E-state index contributed by atoms with van der Waals surface area (Å²) in [6, 6.07) is 4.60. The third kappa shape index (κ3) is 3.02. The van der Waals surface area contributed by atoms with Crippen LogP contribution >= 0.6 is 27.7 Å². The molecule has 0 spiro atoms. The lowest BCUT2D eigenvalue weighted by atomic mass is 10.2. The van der Waals surface area contributed by atoms with Crippen LogP contribution in [0.2, 0.25) is 0 Å². The molecule has 1 heterocycles. The first-order valence-electron chi connectivity index (χ1n) is 5.34. The Kier molecular flexibility index (Phi) is 4.15. The molecule has 0 aromatic heterocycles. The van der Waals surface area contributed by atoms with Gasteiger partial charge >= 0.3 is 5.97 Å². The van der Waals surface area contributed by atoms with Crippen LogP contribution in [0, 0.1) is 0 Å². The minimum absolute atomic E-state index is 0.0566. The lowest BCUT2D eigenvalue weighted by molar-refractivity contribution is -0.140. The maximum atomic E-state index is 11.9. The first kappa shape index (κ1) is 14.6. The van der Waals surface area contributed by atoms with Crippen LogP contribution in [-0.4, -0.2) is 38.8 Å². The molecule has 20 heavy (non-hydrogen) atoms. The normalized spacial score (nSPS) is 17.1. The summed E-state index contributed by atoms with van der Waals surface area (Å²) in [5.41, 5.74) is 0.607. The number of aromatic hydroxyl groups is 1. The zero-order chi connectivity index (χ0) is 14.9. The molecule has 1 aliphatic rings. The van der Waals surface area contributed by atoms with Crippen LogP contribution in [0.25, 0.3) is 6.08 Å². The lowest BCUT2D eigenvalue weighted by Gasteiger charge is -2.07. The molecule has 1 saturated heterocycles. The van der Waals surface area contributed by atoms with E-state index in [0.29, 0.717) is 26.7 Å². The van der Waals surface area contributed by atoms with Crippen LogP contribution in [0.5, 0.6) is 5.75 Å². The standard InChI is InChI=1S/C12H8BrNO5S/c13-7-3-6(1-2-8(7)15)4-9-11(18)14(5-10(16)17)12(19)20-9/h1-4,15H,5H2,(H,16,17)/b9-4+. The number of phenols is 1. The van der Waals surface area contributed by atoms with Crippen LogP contribution in [0.15, 0.2) is 27.6 Å². The Morgan fingerprint density at radius 3 is 2.70 bits per heavy atom. The molecular weight excluding hydrogens is 350 g/mol. The van der Waals surface area contributed by atoms with Gasteiger partial charge in [0.1, 0.15) is 12.3 Å². The Bertz CT molecular complexity index is 643. The van der Waals surface area contributed by atoms with Gasteiger partial charge in [-0.1, -0.05) is 6.07 Å². The number of nitrogens with zero attached hydrogens (tertiary/aromatic N) is 1. The number of carboxylic acids is 1. The summed E-state index contributed by atoms with van der Waals surface area (Å²) in [5, 5.41) is 17.4. The van der Waals surface area contributed by atoms with Gasteiger partial charge in [-0.05, 0) is 51.5 Å². The molecule has 1 fully saturated rings. The zero-order valence-corrected chi connectivity index (χ0v) is 12.3. The van der Waals surface area contributed by atoms with Gasteiger partial charge in [0.15, 0.2) is 0 Å². The largest absolute Gasteiger partial charge is 0.507 e. The molecule has 1 aromatic rings. The lowest BCUT2D eigenvalue weighted by Crippen LogP contribution is -2.33. The highest BCUT2D eigenvalue weighted by Crippen LogP contribution is 2.33. The Morgan fingerprint density at radius 1 is 1.40 bits per heavy atom. The number of carbonyl (C=O) groups excluding carboxylic acids is 2. The Hall–Kier alpha value is -1.80.